The molecule has 3 rings (SSSR count). The lowest BCUT2D eigenvalue weighted by molar-refractivity contribution is -0.142. The molecule has 3 aromatic rings. The van der Waals surface area contributed by atoms with Crippen LogP contribution in [0, 0.1) is 19.7 Å². The summed E-state index contributed by atoms with van der Waals surface area (Å²) in [7, 11) is 0. The van der Waals surface area contributed by atoms with Crippen LogP contribution in [-0.2, 0) is 17.5 Å². The zero-order valence-electron chi connectivity index (χ0n) is 15.2. The van der Waals surface area contributed by atoms with Crippen molar-refractivity contribution in [1.82, 2.24) is 9.55 Å². The Bertz CT molecular complexity index is 1190. The lowest BCUT2D eigenvalue weighted by Gasteiger charge is -2.15. The van der Waals surface area contributed by atoms with E-state index < -0.39 is 35.7 Å². The van der Waals surface area contributed by atoms with Gasteiger partial charge in [0.05, 0.1) is 16.7 Å². The van der Waals surface area contributed by atoms with Crippen LogP contribution in [0.3, 0.4) is 0 Å². The van der Waals surface area contributed by atoms with Crippen LogP contribution in [0.4, 0.5) is 23.2 Å². The molecule has 5 nitrogen and oxygen atoms in total. The van der Waals surface area contributed by atoms with Gasteiger partial charge < -0.3 is 5.32 Å². The molecule has 1 amide bonds. The van der Waals surface area contributed by atoms with Crippen LogP contribution >= 0.6 is 15.9 Å². The predicted molar refractivity (Wildman–Crippen MR) is 103 cm³/mol. The highest BCUT2D eigenvalue weighted by atomic mass is 79.9. The quantitative estimate of drug-likeness (QED) is 0.569. The number of nitrogens with zero attached hydrogens (tertiary/aromatic N) is 2. The van der Waals surface area contributed by atoms with Gasteiger partial charge in [0.25, 0.3) is 5.56 Å². The summed E-state index contributed by atoms with van der Waals surface area (Å²) >= 11 is 3.08. The lowest BCUT2D eigenvalue weighted by atomic mass is 10.1. The zero-order chi connectivity index (χ0) is 21.5. The van der Waals surface area contributed by atoms with Crippen molar-refractivity contribution in [2.24, 2.45) is 0 Å². The molecule has 0 spiro atoms. The van der Waals surface area contributed by atoms with Crippen molar-refractivity contribution in [3.05, 3.63) is 67.8 Å². The molecule has 0 unspecified atom stereocenters. The number of nitrogens with one attached hydrogen (secondary N) is 1. The minimum absolute atomic E-state index is 0.0670. The van der Waals surface area contributed by atoms with Crippen molar-refractivity contribution in [3.63, 3.8) is 0 Å². The van der Waals surface area contributed by atoms with E-state index in [2.05, 4.69) is 26.2 Å². The summed E-state index contributed by atoms with van der Waals surface area (Å²) in [4.78, 5) is 28.3. The largest absolute Gasteiger partial charge is 0.438 e. The van der Waals surface area contributed by atoms with E-state index in [9.17, 15) is 27.2 Å². The van der Waals surface area contributed by atoms with Crippen molar-refractivity contribution in [3.8, 4) is 0 Å². The van der Waals surface area contributed by atoms with E-state index >= 15 is 0 Å². The molecular formula is C19H14BrF4N3O2. The molecule has 0 saturated carbocycles. The van der Waals surface area contributed by atoms with E-state index in [0.29, 0.717) is 20.2 Å². The number of alkyl halides is 3. The number of rotatable bonds is 3. The molecule has 0 fully saturated rings. The SMILES string of the molecule is Cc1cc2nc(C(F)(F)F)c(=O)n(CC(=O)Nc3ccc(Br)cc3F)c2cc1C. The Kier molecular flexibility index (Phi) is 5.48. The number of aryl methyl sites for hydroxylation is 2. The molecule has 0 bridgehead atoms. The van der Waals surface area contributed by atoms with Crippen LogP contribution in [0.2, 0.25) is 0 Å². The second kappa shape index (κ2) is 7.58. The number of hydrogen-bond acceptors (Lipinski definition) is 3. The first kappa shape index (κ1) is 21.0. The minimum Gasteiger partial charge on any atom is -0.322 e. The highest BCUT2D eigenvalue weighted by molar-refractivity contribution is 9.10. The third kappa shape index (κ3) is 4.31. The summed E-state index contributed by atoms with van der Waals surface area (Å²) in [6.07, 6.45) is -4.99. The summed E-state index contributed by atoms with van der Waals surface area (Å²) in [5, 5.41) is 2.27. The standard InChI is InChI=1S/C19H14BrF4N3O2/c1-9-5-14-15(6-10(9)2)27(18(29)17(26-14)19(22,23)24)8-16(28)25-13-4-3-11(20)7-12(13)21/h3-7H,8H2,1-2H3,(H,25,28). The van der Waals surface area contributed by atoms with E-state index in [1.807, 2.05) is 0 Å². The molecule has 0 aliphatic carbocycles. The molecule has 29 heavy (non-hydrogen) atoms. The van der Waals surface area contributed by atoms with Gasteiger partial charge in [-0.3, -0.25) is 14.2 Å². The molecule has 1 N–H and O–H groups in total. The van der Waals surface area contributed by atoms with Gasteiger partial charge in [0.2, 0.25) is 11.6 Å². The van der Waals surface area contributed by atoms with Crippen molar-refractivity contribution < 1.29 is 22.4 Å². The van der Waals surface area contributed by atoms with E-state index in [0.717, 1.165) is 6.07 Å². The third-order valence-electron chi connectivity index (χ3n) is 4.34. The van der Waals surface area contributed by atoms with Gasteiger partial charge in [0.15, 0.2) is 0 Å². The number of anilines is 1. The Balaban J connectivity index is 2.09. The zero-order valence-corrected chi connectivity index (χ0v) is 16.8. The highest BCUT2D eigenvalue weighted by Gasteiger charge is 2.37. The number of carbonyl (C=O) groups is 1. The molecular weight excluding hydrogens is 458 g/mol. The molecule has 0 saturated heterocycles. The normalized spacial score (nSPS) is 11.7. The molecule has 0 atom stereocenters. The summed E-state index contributed by atoms with van der Waals surface area (Å²) in [6, 6.07) is 6.81. The maximum atomic E-state index is 13.9. The Morgan fingerprint density at radius 2 is 1.83 bits per heavy atom. The van der Waals surface area contributed by atoms with Crippen LogP contribution in [0.15, 0.2) is 39.6 Å². The number of fused-ring (bicyclic) bond motifs is 1. The fraction of sp³-hybridized carbons (Fsp3) is 0.211. The van der Waals surface area contributed by atoms with Crippen molar-refractivity contribution >= 4 is 38.6 Å². The van der Waals surface area contributed by atoms with Gasteiger partial charge in [-0.2, -0.15) is 13.2 Å². The summed E-state index contributed by atoms with van der Waals surface area (Å²) in [5.74, 6) is -1.59. The third-order valence-corrected chi connectivity index (χ3v) is 4.83. The molecule has 10 heteroatoms. The van der Waals surface area contributed by atoms with E-state index in [-0.39, 0.29) is 16.7 Å². The van der Waals surface area contributed by atoms with Crippen LogP contribution in [-0.4, -0.2) is 15.5 Å². The number of benzene rings is 2. The van der Waals surface area contributed by atoms with E-state index in [1.165, 1.54) is 24.3 Å². The molecule has 0 radical (unpaired) electrons. The number of halogens is 5. The molecule has 0 aliphatic heterocycles. The monoisotopic (exact) mass is 471 g/mol. The Hall–Kier alpha value is -2.75. The fourth-order valence-corrected chi connectivity index (χ4v) is 3.10. The molecule has 152 valence electrons. The Morgan fingerprint density at radius 3 is 2.45 bits per heavy atom. The van der Waals surface area contributed by atoms with Gasteiger partial charge in [-0.25, -0.2) is 9.37 Å². The van der Waals surface area contributed by atoms with Gasteiger partial charge in [-0.05, 0) is 55.3 Å². The average Bonchev–Trinajstić information content (AvgIpc) is 2.60. The molecule has 0 aliphatic rings. The van der Waals surface area contributed by atoms with Crippen LogP contribution < -0.4 is 10.9 Å². The smallest absolute Gasteiger partial charge is 0.322 e. The fourth-order valence-electron chi connectivity index (χ4n) is 2.76. The number of amides is 1. The maximum absolute atomic E-state index is 13.9. The maximum Gasteiger partial charge on any atom is 0.438 e. The second-order valence-corrected chi connectivity index (χ2v) is 7.36. The van der Waals surface area contributed by atoms with Crippen LogP contribution in [0.25, 0.3) is 11.0 Å². The van der Waals surface area contributed by atoms with Gasteiger partial charge >= 0.3 is 6.18 Å². The average molecular weight is 472 g/mol. The van der Waals surface area contributed by atoms with Gasteiger partial charge in [0, 0.05) is 4.47 Å². The number of hydrogen-bond donors (Lipinski definition) is 1. The van der Waals surface area contributed by atoms with Crippen molar-refractivity contribution in [1.29, 1.82) is 0 Å². The van der Waals surface area contributed by atoms with Crippen molar-refractivity contribution in [2.75, 3.05) is 5.32 Å². The molecule has 1 heterocycles. The number of carbonyl (C=O) groups excluding carboxylic acids is 1. The first-order chi connectivity index (χ1) is 13.5. The lowest BCUT2D eigenvalue weighted by Crippen LogP contribution is -2.34. The van der Waals surface area contributed by atoms with E-state index in [4.69, 9.17) is 0 Å². The molecule has 2 aromatic carbocycles. The second-order valence-electron chi connectivity index (χ2n) is 6.45. The van der Waals surface area contributed by atoms with Crippen LogP contribution in [0.5, 0.6) is 0 Å². The summed E-state index contributed by atoms with van der Waals surface area (Å²) in [5.41, 5.74) is -1.81. The molecule has 1 aromatic heterocycles. The Morgan fingerprint density at radius 1 is 1.17 bits per heavy atom. The number of aromatic nitrogens is 2. The van der Waals surface area contributed by atoms with E-state index in [1.54, 1.807) is 13.8 Å². The highest BCUT2D eigenvalue weighted by Crippen LogP contribution is 2.27. The minimum atomic E-state index is -4.99. The topological polar surface area (TPSA) is 64.0 Å². The van der Waals surface area contributed by atoms with Gasteiger partial charge in [-0.15, -0.1) is 0 Å². The predicted octanol–water partition coefficient (Wildman–Crippen LogP) is 4.57. The van der Waals surface area contributed by atoms with Gasteiger partial charge in [0.1, 0.15) is 12.4 Å². The Labute approximate surface area is 170 Å². The summed E-state index contributed by atoms with van der Waals surface area (Å²) in [6.45, 7) is 2.68. The summed E-state index contributed by atoms with van der Waals surface area (Å²) < 4.78 is 54.9. The first-order valence-electron chi connectivity index (χ1n) is 8.31. The van der Waals surface area contributed by atoms with Gasteiger partial charge in [-0.1, -0.05) is 15.9 Å². The first-order valence-corrected chi connectivity index (χ1v) is 9.10. The van der Waals surface area contributed by atoms with Crippen molar-refractivity contribution in [2.45, 2.75) is 26.6 Å². The van der Waals surface area contributed by atoms with Crippen LogP contribution in [0.1, 0.15) is 16.8 Å².